The molecule has 0 aliphatic carbocycles. The molecular weight excluding hydrogens is 516 g/mol. The van der Waals surface area contributed by atoms with E-state index in [1.807, 2.05) is 26.4 Å². The van der Waals surface area contributed by atoms with Gasteiger partial charge in [-0.25, -0.2) is 4.98 Å². The molecule has 0 saturated heterocycles. The normalized spacial score (nSPS) is 10.9. The van der Waals surface area contributed by atoms with Crippen LogP contribution in [0.25, 0.3) is 11.3 Å². The quantitative estimate of drug-likeness (QED) is 0.0903. The number of nitrogens with zero attached hydrogens (tertiary/aromatic N) is 2. The zero-order valence-corrected chi connectivity index (χ0v) is 23.3. The van der Waals surface area contributed by atoms with Crippen molar-refractivity contribution in [1.82, 2.24) is 20.2 Å². The average molecular weight is 552 g/mol. The summed E-state index contributed by atoms with van der Waals surface area (Å²) in [6, 6.07) is 11.7. The number of rotatable bonds is 11. The molecule has 0 atom stereocenters. The molecule has 0 spiro atoms. The smallest absolute Gasteiger partial charge is 0.294 e. The lowest BCUT2D eigenvalue weighted by Gasteiger charge is -2.17. The predicted molar refractivity (Wildman–Crippen MR) is 158 cm³/mol. The number of nitrogens with one attached hydrogen (secondary N) is 4. The minimum atomic E-state index is -0.475. The number of nitrogen functional groups attached to an aromatic ring is 2. The van der Waals surface area contributed by atoms with Crippen LogP contribution in [0.2, 0.25) is 0 Å². The molecule has 3 aromatic rings. The Hall–Kier alpha value is -4.32. The van der Waals surface area contributed by atoms with Crippen molar-refractivity contribution in [2.24, 2.45) is 5.73 Å². The Morgan fingerprint density at radius 3 is 2.38 bits per heavy atom. The third-order valence-electron chi connectivity index (χ3n) is 5.57. The molecule has 2 amide bonds. The van der Waals surface area contributed by atoms with E-state index in [1.165, 1.54) is 10.8 Å². The minimum absolute atomic E-state index is 0.0177. The van der Waals surface area contributed by atoms with Crippen LogP contribution >= 0.6 is 0 Å². The number of nitrogens with two attached hydrogens (primary N) is 2. The highest BCUT2D eigenvalue weighted by Crippen LogP contribution is 2.23. The Morgan fingerprint density at radius 1 is 1.08 bits per heavy atom. The van der Waals surface area contributed by atoms with Gasteiger partial charge in [0.2, 0.25) is 5.91 Å². The number of carbonyl (C=O) groups is 2. The average Bonchev–Trinajstić information content (AvgIpc) is 2.88. The molecule has 0 saturated carbocycles. The van der Waals surface area contributed by atoms with Gasteiger partial charge in [0, 0.05) is 45.9 Å². The minimum Gasteiger partial charge on any atom is -0.399 e. The highest BCUT2D eigenvalue weighted by molar-refractivity contribution is 7.95. The number of amidine groups is 1. The summed E-state index contributed by atoms with van der Waals surface area (Å²) in [7, 11) is 0.0177. The van der Waals surface area contributed by atoms with Crippen LogP contribution < -0.4 is 33.0 Å². The Morgan fingerprint density at radius 2 is 1.77 bits per heavy atom. The second-order valence-corrected chi connectivity index (χ2v) is 11.8. The second-order valence-electron chi connectivity index (χ2n) is 9.55. The van der Waals surface area contributed by atoms with Gasteiger partial charge >= 0.3 is 0 Å². The van der Waals surface area contributed by atoms with Crippen molar-refractivity contribution in [2.75, 3.05) is 29.4 Å². The summed E-state index contributed by atoms with van der Waals surface area (Å²) in [4.78, 5) is 43.4. The molecule has 0 radical (unpaired) electrons. The number of amides is 2. The summed E-state index contributed by atoms with van der Waals surface area (Å²) in [5.74, 6) is -0.0685. The first kappa shape index (κ1) is 29.2. The van der Waals surface area contributed by atoms with Gasteiger partial charge in [0.1, 0.15) is 12.4 Å². The lowest BCUT2D eigenvalue weighted by molar-refractivity contribution is -0.121. The van der Waals surface area contributed by atoms with Crippen molar-refractivity contribution in [2.45, 2.75) is 33.0 Å². The molecule has 3 rings (SSSR count). The highest BCUT2D eigenvalue weighted by atomic mass is 32.2. The van der Waals surface area contributed by atoms with Gasteiger partial charge in [-0.1, -0.05) is 24.3 Å². The molecule has 12 heteroatoms. The fourth-order valence-corrected chi connectivity index (χ4v) is 4.11. The molecule has 0 aliphatic rings. The number of aromatic nitrogens is 2. The number of benzene rings is 2. The topological polar surface area (TPSA) is 181 Å². The summed E-state index contributed by atoms with van der Waals surface area (Å²) in [5, 5.41) is 16.2. The molecular formula is C27H35N8O3S+. The van der Waals surface area contributed by atoms with Crippen molar-refractivity contribution < 1.29 is 9.59 Å². The molecule has 0 unspecified atom stereocenters. The van der Waals surface area contributed by atoms with Gasteiger partial charge in [0.25, 0.3) is 11.5 Å². The number of hydrogen-bond donors (Lipinski definition) is 6. The highest BCUT2D eigenvalue weighted by Gasteiger charge is 2.18. The Bertz CT molecular complexity index is 1420. The van der Waals surface area contributed by atoms with Crippen LogP contribution in [-0.4, -0.2) is 51.6 Å². The predicted octanol–water partition coefficient (Wildman–Crippen LogP) is 1.48. The van der Waals surface area contributed by atoms with E-state index in [0.717, 1.165) is 5.56 Å². The van der Waals surface area contributed by atoms with Gasteiger partial charge in [-0.15, -0.1) is 0 Å². The Balaban J connectivity index is 1.92. The zero-order valence-electron chi connectivity index (χ0n) is 22.5. The first-order valence-corrected chi connectivity index (χ1v) is 14.5. The summed E-state index contributed by atoms with van der Waals surface area (Å²) in [6.07, 6.45) is 5.54. The first-order valence-electron chi connectivity index (χ1n) is 12.2. The van der Waals surface area contributed by atoms with E-state index < -0.39 is 11.5 Å². The lowest BCUT2D eigenvalue weighted by Crippen LogP contribution is -2.35. The van der Waals surface area contributed by atoms with Crippen LogP contribution in [-0.2, 0) is 28.8 Å². The van der Waals surface area contributed by atoms with Crippen LogP contribution in [0.4, 0.5) is 11.5 Å². The van der Waals surface area contributed by atoms with Crippen LogP contribution in [0, 0.1) is 5.41 Å². The first-order chi connectivity index (χ1) is 18.4. The van der Waals surface area contributed by atoms with Crippen LogP contribution in [0.3, 0.4) is 0 Å². The molecule has 11 nitrogen and oxygen atoms in total. The van der Waals surface area contributed by atoms with Crippen molar-refractivity contribution in [3.8, 4) is 11.3 Å². The van der Waals surface area contributed by atoms with Gasteiger partial charge in [0.05, 0.1) is 24.4 Å². The van der Waals surface area contributed by atoms with E-state index >= 15 is 0 Å². The van der Waals surface area contributed by atoms with E-state index in [4.69, 9.17) is 16.9 Å². The Labute approximate surface area is 230 Å². The van der Waals surface area contributed by atoms with Crippen LogP contribution in [0.5, 0.6) is 0 Å². The fraction of sp³-hybridized carbons (Fsp3) is 0.296. The summed E-state index contributed by atoms with van der Waals surface area (Å²) >= 11 is 0. The fourth-order valence-electron chi connectivity index (χ4n) is 3.69. The van der Waals surface area contributed by atoms with Gasteiger partial charge in [0.15, 0.2) is 11.7 Å². The third kappa shape index (κ3) is 8.08. The number of carbonyl (C=O) groups excluding carboxylic acids is 2. The SMILES string of the molecule is CC(C)Nc1ncc(-c2cc(N)cc(C(=O)NC[S+](C)C)c2)n(CC(=O)NCc2ccc(C(=N)N)cc2)c1=O. The largest absolute Gasteiger partial charge is 0.399 e. The molecule has 0 aliphatic heterocycles. The maximum Gasteiger partial charge on any atom is 0.294 e. The Kier molecular flexibility index (Phi) is 9.72. The monoisotopic (exact) mass is 551 g/mol. The van der Waals surface area contributed by atoms with E-state index in [0.29, 0.717) is 33.9 Å². The van der Waals surface area contributed by atoms with E-state index in [-0.39, 0.29) is 47.6 Å². The van der Waals surface area contributed by atoms with Gasteiger partial charge < -0.3 is 27.4 Å². The molecule has 8 N–H and O–H groups in total. The summed E-state index contributed by atoms with van der Waals surface area (Å²) < 4.78 is 1.32. The van der Waals surface area contributed by atoms with E-state index in [9.17, 15) is 14.4 Å². The molecule has 1 heterocycles. The van der Waals surface area contributed by atoms with Gasteiger partial charge in [-0.3, -0.25) is 24.4 Å². The molecule has 0 fully saturated rings. The number of anilines is 2. The van der Waals surface area contributed by atoms with E-state index in [2.05, 4.69) is 20.9 Å². The van der Waals surface area contributed by atoms with Crippen molar-refractivity contribution >= 4 is 40.1 Å². The molecule has 0 bridgehead atoms. The molecule has 1 aromatic heterocycles. The number of hydrogen-bond acceptors (Lipinski definition) is 7. The second kappa shape index (κ2) is 13.0. The zero-order chi connectivity index (χ0) is 28.7. The van der Waals surface area contributed by atoms with Crippen molar-refractivity contribution in [3.05, 3.63) is 75.7 Å². The molecule has 206 valence electrons. The van der Waals surface area contributed by atoms with Crippen LogP contribution in [0.15, 0.2) is 53.5 Å². The standard InChI is InChI=1S/C27H34N8O3S/c1-16(2)34-25-27(38)35(14-23(36)31-12-17-5-7-18(8-6-17)24(29)30)22(13-32-25)19-9-20(11-21(28)10-19)26(37)33-15-39(3)4/h5-11,13,16H,12,14-15,28H2,1-4H3,(H5-,29,30,31,32,33,34,36,37)/p+1. The van der Waals surface area contributed by atoms with Gasteiger partial charge in [-0.2, -0.15) is 0 Å². The maximum atomic E-state index is 13.4. The van der Waals surface area contributed by atoms with Gasteiger partial charge in [-0.05, 0) is 37.6 Å². The summed E-state index contributed by atoms with van der Waals surface area (Å²) in [6.45, 7) is 3.70. The van der Waals surface area contributed by atoms with Crippen LogP contribution in [0.1, 0.15) is 35.3 Å². The van der Waals surface area contributed by atoms with E-state index in [1.54, 1.807) is 42.5 Å². The summed E-state index contributed by atoms with van der Waals surface area (Å²) in [5.41, 5.74) is 14.1. The van der Waals surface area contributed by atoms with Crippen molar-refractivity contribution in [3.63, 3.8) is 0 Å². The van der Waals surface area contributed by atoms with Crippen molar-refractivity contribution in [1.29, 1.82) is 5.41 Å². The maximum absolute atomic E-state index is 13.4. The third-order valence-corrected chi connectivity index (χ3v) is 6.29. The molecule has 2 aromatic carbocycles. The molecule has 39 heavy (non-hydrogen) atoms. The lowest BCUT2D eigenvalue weighted by atomic mass is 10.1.